The monoisotopic (exact) mass is 272 g/mol. The molecule has 0 heterocycles. The number of carbonyl (C=O) groups excluding carboxylic acids is 2. The third-order valence-corrected chi connectivity index (χ3v) is 3.68. The van der Waals surface area contributed by atoms with Crippen LogP contribution in [0.4, 0.5) is 0 Å². The topological polar surface area (TPSA) is 72.6 Å². The molecular formula is C12H20N2O3S. The van der Waals surface area contributed by atoms with Crippen LogP contribution in [0.15, 0.2) is 0 Å². The maximum atomic E-state index is 12.3. The standard InChI is InChI=1S/C12H20N2O3S/c1-4-17-9(15)7-14(3)11(16)12(10(13)18)5-8(2)6-12/h8H,4-7H2,1-3H3,(H2,13,18). The predicted molar refractivity (Wildman–Crippen MR) is 71.9 cm³/mol. The highest BCUT2D eigenvalue weighted by Crippen LogP contribution is 2.46. The first-order valence-electron chi connectivity index (χ1n) is 6.04. The van der Waals surface area contributed by atoms with E-state index in [9.17, 15) is 9.59 Å². The van der Waals surface area contributed by atoms with E-state index in [-0.39, 0.29) is 17.4 Å². The molecule has 6 heteroatoms. The molecule has 0 unspecified atom stereocenters. The third-order valence-electron chi connectivity index (χ3n) is 3.29. The van der Waals surface area contributed by atoms with Crippen molar-refractivity contribution in [2.75, 3.05) is 20.2 Å². The fourth-order valence-corrected chi connectivity index (χ4v) is 2.70. The minimum absolute atomic E-state index is 0.0641. The van der Waals surface area contributed by atoms with Crippen LogP contribution in [0.5, 0.6) is 0 Å². The van der Waals surface area contributed by atoms with E-state index in [1.165, 1.54) is 4.90 Å². The van der Waals surface area contributed by atoms with Crippen molar-refractivity contribution in [2.24, 2.45) is 17.1 Å². The Kier molecular flexibility index (Phi) is 4.67. The van der Waals surface area contributed by atoms with E-state index in [1.54, 1.807) is 14.0 Å². The Bertz CT molecular complexity index is 364. The van der Waals surface area contributed by atoms with Crippen LogP contribution in [-0.2, 0) is 14.3 Å². The van der Waals surface area contributed by atoms with Gasteiger partial charge in [-0.15, -0.1) is 0 Å². The molecule has 0 aromatic carbocycles. The molecule has 1 fully saturated rings. The summed E-state index contributed by atoms with van der Waals surface area (Å²) in [5, 5.41) is 0. The molecule has 1 rings (SSSR count). The Morgan fingerprint density at radius 1 is 1.50 bits per heavy atom. The molecule has 0 spiro atoms. The second-order valence-electron chi connectivity index (χ2n) is 4.93. The van der Waals surface area contributed by atoms with Crippen LogP contribution in [0.25, 0.3) is 0 Å². The van der Waals surface area contributed by atoms with Crippen molar-refractivity contribution in [1.29, 1.82) is 0 Å². The quantitative estimate of drug-likeness (QED) is 0.589. The first kappa shape index (κ1) is 14.9. The van der Waals surface area contributed by atoms with Crippen molar-refractivity contribution in [1.82, 2.24) is 4.90 Å². The Morgan fingerprint density at radius 2 is 2.06 bits per heavy atom. The smallest absolute Gasteiger partial charge is 0.325 e. The van der Waals surface area contributed by atoms with E-state index in [0.29, 0.717) is 25.4 Å². The SMILES string of the molecule is CCOC(=O)CN(C)C(=O)C1(C(N)=S)CC(C)C1. The molecule has 2 N–H and O–H groups in total. The number of esters is 1. The first-order valence-corrected chi connectivity index (χ1v) is 6.45. The Balaban J connectivity index is 2.67. The van der Waals surface area contributed by atoms with E-state index in [1.807, 2.05) is 0 Å². The number of carbonyl (C=O) groups is 2. The Hall–Kier alpha value is -1.17. The van der Waals surface area contributed by atoms with E-state index >= 15 is 0 Å². The van der Waals surface area contributed by atoms with Crippen molar-refractivity contribution in [3.63, 3.8) is 0 Å². The van der Waals surface area contributed by atoms with E-state index in [4.69, 9.17) is 22.7 Å². The summed E-state index contributed by atoms with van der Waals surface area (Å²) in [5.41, 5.74) is 4.94. The highest BCUT2D eigenvalue weighted by Gasteiger charge is 2.52. The normalized spacial score (nSPS) is 26.1. The Labute approximate surface area is 113 Å². The van der Waals surface area contributed by atoms with Gasteiger partial charge >= 0.3 is 5.97 Å². The van der Waals surface area contributed by atoms with Crippen molar-refractivity contribution in [2.45, 2.75) is 26.7 Å². The summed E-state index contributed by atoms with van der Waals surface area (Å²) in [6.45, 7) is 4.02. The van der Waals surface area contributed by atoms with Gasteiger partial charge in [0.15, 0.2) is 0 Å². The number of nitrogens with two attached hydrogens (primary N) is 1. The molecule has 0 aromatic heterocycles. The fraction of sp³-hybridized carbons (Fsp3) is 0.750. The van der Waals surface area contributed by atoms with Crippen LogP contribution in [0, 0.1) is 11.3 Å². The number of hydrogen-bond acceptors (Lipinski definition) is 4. The van der Waals surface area contributed by atoms with Crippen molar-refractivity contribution >= 4 is 29.1 Å². The maximum Gasteiger partial charge on any atom is 0.325 e. The number of rotatable bonds is 5. The predicted octanol–water partition coefficient (Wildman–Crippen LogP) is 0.710. The molecule has 1 amide bonds. The average molecular weight is 272 g/mol. The lowest BCUT2D eigenvalue weighted by atomic mass is 9.61. The number of amides is 1. The molecular weight excluding hydrogens is 252 g/mol. The highest BCUT2D eigenvalue weighted by molar-refractivity contribution is 7.80. The summed E-state index contributed by atoms with van der Waals surface area (Å²) in [6.07, 6.45) is 1.32. The third kappa shape index (κ3) is 2.80. The van der Waals surface area contributed by atoms with E-state index in [2.05, 4.69) is 6.92 Å². The van der Waals surface area contributed by atoms with Gasteiger partial charge < -0.3 is 15.4 Å². The summed E-state index contributed by atoms with van der Waals surface area (Å²) < 4.78 is 4.81. The molecule has 0 radical (unpaired) electrons. The van der Waals surface area contributed by atoms with Gasteiger partial charge in [-0.3, -0.25) is 9.59 Å². The molecule has 1 aliphatic rings. The molecule has 0 aliphatic heterocycles. The van der Waals surface area contributed by atoms with Crippen molar-refractivity contribution in [3.8, 4) is 0 Å². The van der Waals surface area contributed by atoms with Crippen LogP contribution in [0.2, 0.25) is 0 Å². The van der Waals surface area contributed by atoms with Crippen LogP contribution in [0.1, 0.15) is 26.7 Å². The van der Waals surface area contributed by atoms with Crippen LogP contribution in [0.3, 0.4) is 0 Å². The van der Waals surface area contributed by atoms with Crippen molar-refractivity contribution < 1.29 is 14.3 Å². The molecule has 18 heavy (non-hydrogen) atoms. The number of thiocarbonyl (C=S) groups is 1. The summed E-state index contributed by atoms with van der Waals surface area (Å²) >= 11 is 5.01. The zero-order chi connectivity index (χ0) is 13.9. The van der Waals surface area contributed by atoms with Gasteiger partial charge in [0.25, 0.3) is 0 Å². The molecule has 0 aromatic rings. The number of nitrogens with zero attached hydrogens (tertiary/aromatic N) is 1. The van der Waals surface area contributed by atoms with E-state index in [0.717, 1.165) is 0 Å². The highest BCUT2D eigenvalue weighted by atomic mass is 32.1. The van der Waals surface area contributed by atoms with Crippen molar-refractivity contribution in [3.05, 3.63) is 0 Å². The van der Waals surface area contributed by atoms with Crippen LogP contribution >= 0.6 is 12.2 Å². The minimum atomic E-state index is -0.754. The van der Waals surface area contributed by atoms with Crippen LogP contribution in [-0.4, -0.2) is 42.0 Å². The zero-order valence-corrected chi connectivity index (χ0v) is 11.9. The molecule has 0 saturated heterocycles. The van der Waals surface area contributed by atoms with Gasteiger partial charge in [0.1, 0.15) is 6.54 Å². The van der Waals surface area contributed by atoms with Crippen LogP contribution < -0.4 is 5.73 Å². The Morgan fingerprint density at radius 3 is 2.44 bits per heavy atom. The molecule has 102 valence electrons. The minimum Gasteiger partial charge on any atom is -0.465 e. The molecule has 1 saturated carbocycles. The van der Waals surface area contributed by atoms with Gasteiger partial charge in [0.05, 0.1) is 17.0 Å². The second-order valence-corrected chi connectivity index (χ2v) is 5.37. The lowest BCUT2D eigenvalue weighted by Gasteiger charge is -2.45. The van der Waals surface area contributed by atoms with Gasteiger partial charge in [-0.05, 0) is 25.7 Å². The number of likely N-dealkylation sites (N-methyl/N-ethyl adjacent to an activating group) is 1. The molecule has 0 atom stereocenters. The molecule has 5 nitrogen and oxygen atoms in total. The number of ether oxygens (including phenoxy) is 1. The summed E-state index contributed by atoms with van der Waals surface area (Å²) in [5.74, 6) is -0.161. The lowest BCUT2D eigenvalue weighted by Crippen LogP contribution is -2.56. The first-order chi connectivity index (χ1) is 8.33. The molecule has 0 bridgehead atoms. The van der Waals surface area contributed by atoms with Gasteiger partial charge in [0.2, 0.25) is 5.91 Å². The second kappa shape index (κ2) is 5.65. The van der Waals surface area contributed by atoms with Gasteiger partial charge in [0, 0.05) is 7.05 Å². The van der Waals surface area contributed by atoms with Gasteiger partial charge in [-0.25, -0.2) is 0 Å². The summed E-state index contributed by atoms with van der Waals surface area (Å²) in [7, 11) is 1.57. The maximum absolute atomic E-state index is 12.3. The average Bonchev–Trinajstić information content (AvgIpc) is 2.23. The lowest BCUT2D eigenvalue weighted by molar-refractivity contribution is -0.152. The summed E-state index contributed by atoms with van der Waals surface area (Å²) in [4.78, 5) is 25.2. The fourth-order valence-electron chi connectivity index (χ4n) is 2.45. The molecule has 1 aliphatic carbocycles. The van der Waals surface area contributed by atoms with E-state index < -0.39 is 11.4 Å². The largest absolute Gasteiger partial charge is 0.465 e. The number of hydrogen-bond donors (Lipinski definition) is 1. The summed E-state index contributed by atoms with van der Waals surface area (Å²) in [6, 6.07) is 0. The van der Waals surface area contributed by atoms with Gasteiger partial charge in [-0.1, -0.05) is 19.1 Å². The zero-order valence-electron chi connectivity index (χ0n) is 11.1. The van der Waals surface area contributed by atoms with Gasteiger partial charge in [-0.2, -0.15) is 0 Å².